The molecule has 5 nitrogen and oxygen atoms in total. The number of carboxylic acid groups (broad SMARTS) is 1. The van der Waals surface area contributed by atoms with Gasteiger partial charge in [0.2, 0.25) is 5.91 Å². The molecule has 0 aliphatic heterocycles. The molecule has 0 aliphatic carbocycles. The van der Waals surface area contributed by atoms with E-state index in [-0.39, 0.29) is 11.8 Å². The molecule has 0 bridgehead atoms. The van der Waals surface area contributed by atoms with Crippen LogP contribution in [-0.4, -0.2) is 46.7 Å². The van der Waals surface area contributed by atoms with E-state index in [1.165, 1.54) is 0 Å². The minimum absolute atomic E-state index is 0.175. The van der Waals surface area contributed by atoms with E-state index in [4.69, 9.17) is 4.84 Å². The molecule has 0 heterocycles. The maximum absolute atomic E-state index is 12.3. The van der Waals surface area contributed by atoms with Crippen molar-refractivity contribution >= 4 is 23.6 Å². The summed E-state index contributed by atoms with van der Waals surface area (Å²) in [6, 6.07) is -0.898. The Labute approximate surface area is 132 Å². The number of thioether (sulfide) groups is 1. The van der Waals surface area contributed by atoms with Gasteiger partial charge in [-0.1, -0.05) is 33.6 Å². The second-order valence-electron chi connectivity index (χ2n) is 5.49. The van der Waals surface area contributed by atoms with Crippen molar-refractivity contribution in [1.29, 1.82) is 0 Å². The van der Waals surface area contributed by atoms with Crippen molar-refractivity contribution < 1.29 is 19.5 Å². The van der Waals surface area contributed by atoms with Gasteiger partial charge in [-0.2, -0.15) is 11.8 Å². The van der Waals surface area contributed by atoms with E-state index < -0.39 is 12.0 Å². The summed E-state index contributed by atoms with van der Waals surface area (Å²) in [7, 11) is 0. The molecule has 0 saturated heterocycles. The van der Waals surface area contributed by atoms with E-state index >= 15 is 0 Å². The summed E-state index contributed by atoms with van der Waals surface area (Å²) in [5, 5.41) is 10.5. The number of carbonyl (C=O) groups is 2. The molecule has 0 radical (unpaired) electrons. The smallest absolute Gasteiger partial charge is 0.329 e. The van der Waals surface area contributed by atoms with Crippen LogP contribution in [0.15, 0.2) is 0 Å². The quantitative estimate of drug-likeness (QED) is 0.442. The van der Waals surface area contributed by atoms with Crippen molar-refractivity contribution in [2.75, 3.05) is 18.6 Å². The van der Waals surface area contributed by atoms with Gasteiger partial charge in [-0.15, -0.1) is 0 Å². The van der Waals surface area contributed by atoms with Crippen molar-refractivity contribution in [3.05, 3.63) is 0 Å². The summed E-state index contributed by atoms with van der Waals surface area (Å²) < 4.78 is 0. The minimum atomic E-state index is -1.00. The average Bonchev–Trinajstić information content (AvgIpc) is 2.40. The summed E-state index contributed by atoms with van der Waals surface area (Å²) in [5.74, 6) is -0.387. The highest BCUT2D eigenvalue weighted by atomic mass is 32.2. The summed E-state index contributed by atoms with van der Waals surface area (Å²) in [6.07, 6.45) is 5.51. The molecule has 0 fully saturated rings. The monoisotopic (exact) mass is 319 g/mol. The molecule has 0 aliphatic rings. The van der Waals surface area contributed by atoms with Gasteiger partial charge in [0.1, 0.15) is 0 Å². The maximum atomic E-state index is 12.3. The zero-order valence-electron chi connectivity index (χ0n) is 13.6. The van der Waals surface area contributed by atoms with Gasteiger partial charge in [0, 0.05) is 6.42 Å². The average molecular weight is 319 g/mol. The van der Waals surface area contributed by atoms with E-state index in [2.05, 4.69) is 6.92 Å². The summed E-state index contributed by atoms with van der Waals surface area (Å²) >= 11 is 1.57. The predicted molar refractivity (Wildman–Crippen MR) is 86.2 cm³/mol. The van der Waals surface area contributed by atoms with Gasteiger partial charge >= 0.3 is 5.97 Å². The molecule has 21 heavy (non-hydrogen) atoms. The van der Waals surface area contributed by atoms with E-state index in [0.29, 0.717) is 25.2 Å². The normalized spacial score (nSPS) is 12.4. The number of carbonyl (C=O) groups excluding carboxylic acids is 1. The largest absolute Gasteiger partial charge is 0.480 e. The Hall–Kier alpha value is -0.750. The van der Waals surface area contributed by atoms with Crippen LogP contribution in [0.1, 0.15) is 52.9 Å². The van der Waals surface area contributed by atoms with E-state index in [1.807, 2.05) is 20.1 Å². The Balaban J connectivity index is 4.78. The molecule has 0 aromatic rings. The molecule has 1 N–H and O–H groups in total. The molecule has 0 saturated carbocycles. The Bertz CT molecular complexity index is 310. The lowest BCUT2D eigenvalue weighted by Crippen LogP contribution is -2.46. The van der Waals surface area contributed by atoms with Crippen molar-refractivity contribution in [2.24, 2.45) is 5.92 Å². The van der Waals surface area contributed by atoms with Crippen LogP contribution in [0, 0.1) is 5.92 Å². The molecule has 1 amide bonds. The highest BCUT2D eigenvalue weighted by Gasteiger charge is 2.30. The lowest BCUT2D eigenvalue weighted by Gasteiger charge is -2.28. The van der Waals surface area contributed by atoms with Gasteiger partial charge in [0.15, 0.2) is 6.04 Å². The number of aliphatic carboxylic acids is 1. The van der Waals surface area contributed by atoms with Gasteiger partial charge in [-0.25, -0.2) is 9.86 Å². The van der Waals surface area contributed by atoms with Gasteiger partial charge < -0.3 is 5.11 Å². The Morgan fingerprint density at radius 3 is 2.43 bits per heavy atom. The molecule has 124 valence electrons. The number of amides is 1. The third-order valence-corrected chi connectivity index (χ3v) is 3.61. The van der Waals surface area contributed by atoms with Crippen molar-refractivity contribution in [2.45, 2.75) is 58.9 Å². The highest BCUT2D eigenvalue weighted by Crippen LogP contribution is 2.14. The fourth-order valence-corrected chi connectivity index (χ4v) is 2.32. The Morgan fingerprint density at radius 2 is 1.95 bits per heavy atom. The van der Waals surface area contributed by atoms with Crippen LogP contribution in [0.4, 0.5) is 0 Å². The van der Waals surface area contributed by atoms with Crippen molar-refractivity contribution in [3.8, 4) is 0 Å². The standard InChI is InChI=1S/C15H29NO4S/c1-5-6-7-9-20-16(14(17)11-12(2)3)13(15(18)19)8-10-21-4/h12-13H,5-11H2,1-4H3,(H,18,19)/t13-/m0/s1. The van der Waals surface area contributed by atoms with Crippen LogP contribution in [0.2, 0.25) is 0 Å². The summed E-state index contributed by atoms with van der Waals surface area (Å²) in [6.45, 7) is 6.34. The molecular formula is C15H29NO4S. The number of carboxylic acids is 1. The third kappa shape index (κ3) is 8.98. The first-order chi connectivity index (χ1) is 9.93. The molecule has 0 unspecified atom stereocenters. The van der Waals surface area contributed by atoms with E-state index in [9.17, 15) is 14.7 Å². The van der Waals surface area contributed by atoms with E-state index in [0.717, 1.165) is 24.3 Å². The molecular weight excluding hydrogens is 290 g/mol. The van der Waals surface area contributed by atoms with Crippen molar-refractivity contribution in [3.63, 3.8) is 0 Å². The molecule has 0 aromatic carbocycles. The SMILES string of the molecule is CCCCCON(C(=O)CC(C)C)[C@@H](CCSC)C(=O)O. The van der Waals surface area contributed by atoms with Crippen LogP contribution >= 0.6 is 11.8 Å². The van der Waals surface area contributed by atoms with Gasteiger partial charge in [-0.3, -0.25) is 9.63 Å². The zero-order valence-corrected chi connectivity index (χ0v) is 14.4. The van der Waals surface area contributed by atoms with Crippen LogP contribution in [0.25, 0.3) is 0 Å². The molecule has 0 aromatic heterocycles. The fourth-order valence-electron chi connectivity index (χ4n) is 1.86. The summed E-state index contributed by atoms with van der Waals surface area (Å²) in [4.78, 5) is 29.2. The molecule has 1 atom stereocenters. The fraction of sp³-hybridized carbons (Fsp3) is 0.867. The Morgan fingerprint density at radius 1 is 1.29 bits per heavy atom. The zero-order chi connectivity index (χ0) is 16.3. The lowest BCUT2D eigenvalue weighted by molar-refractivity contribution is -0.208. The minimum Gasteiger partial charge on any atom is -0.480 e. The number of hydrogen-bond acceptors (Lipinski definition) is 4. The number of nitrogens with zero attached hydrogens (tertiary/aromatic N) is 1. The van der Waals surface area contributed by atoms with Crippen LogP contribution in [-0.2, 0) is 14.4 Å². The third-order valence-electron chi connectivity index (χ3n) is 2.97. The maximum Gasteiger partial charge on any atom is 0.329 e. The number of hydroxylamine groups is 2. The second kappa shape index (κ2) is 11.9. The second-order valence-corrected chi connectivity index (χ2v) is 6.48. The van der Waals surface area contributed by atoms with Crippen molar-refractivity contribution in [1.82, 2.24) is 5.06 Å². The van der Waals surface area contributed by atoms with E-state index in [1.54, 1.807) is 11.8 Å². The molecule has 0 spiro atoms. The first kappa shape index (κ1) is 20.2. The van der Waals surface area contributed by atoms with Gasteiger partial charge in [-0.05, 0) is 30.8 Å². The van der Waals surface area contributed by atoms with Gasteiger partial charge in [0.05, 0.1) is 6.61 Å². The number of rotatable bonds is 12. The molecule has 6 heteroatoms. The first-order valence-corrected chi connectivity index (χ1v) is 9.00. The number of hydrogen-bond donors (Lipinski definition) is 1. The lowest BCUT2D eigenvalue weighted by atomic mass is 10.1. The highest BCUT2D eigenvalue weighted by molar-refractivity contribution is 7.98. The van der Waals surface area contributed by atoms with Gasteiger partial charge in [0.25, 0.3) is 0 Å². The topological polar surface area (TPSA) is 66.8 Å². The number of unbranched alkanes of at least 4 members (excludes halogenated alkanes) is 2. The first-order valence-electron chi connectivity index (χ1n) is 7.60. The summed E-state index contributed by atoms with van der Waals surface area (Å²) in [5.41, 5.74) is 0. The van der Waals surface area contributed by atoms with Crippen LogP contribution in [0.3, 0.4) is 0 Å². The van der Waals surface area contributed by atoms with Crippen LogP contribution in [0.5, 0.6) is 0 Å². The van der Waals surface area contributed by atoms with Crippen LogP contribution < -0.4 is 0 Å². The Kier molecular flexibility index (Phi) is 11.4. The molecule has 0 rings (SSSR count). The predicted octanol–water partition coefficient (Wildman–Crippen LogP) is 3.19.